The van der Waals surface area contributed by atoms with Crippen LogP contribution in [0.2, 0.25) is 5.02 Å². The van der Waals surface area contributed by atoms with E-state index in [0.29, 0.717) is 23.8 Å². The Morgan fingerprint density at radius 2 is 1.87 bits per heavy atom. The average molecular weight is 329 g/mol. The van der Waals surface area contributed by atoms with Gasteiger partial charge in [-0.05, 0) is 54.5 Å². The van der Waals surface area contributed by atoms with Gasteiger partial charge in [-0.3, -0.25) is 4.79 Å². The molecule has 120 valence electrons. The van der Waals surface area contributed by atoms with Crippen LogP contribution in [0.3, 0.4) is 0 Å². The van der Waals surface area contributed by atoms with Gasteiger partial charge in [-0.15, -0.1) is 0 Å². The Morgan fingerprint density at radius 3 is 2.52 bits per heavy atom. The molecule has 1 aliphatic rings. The largest absolute Gasteiger partial charge is 0.399 e. The van der Waals surface area contributed by atoms with Gasteiger partial charge >= 0.3 is 0 Å². The third-order valence-corrected chi connectivity index (χ3v) is 4.57. The number of benzene rings is 2. The Balaban J connectivity index is 1.61. The number of carbonyl (C=O) groups excluding carboxylic acids is 1. The molecule has 2 aromatic carbocycles. The lowest BCUT2D eigenvalue weighted by molar-refractivity contribution is -0.122. The van der Waals surface area contributed by atoms with E-state index < -0.39 is 0 Å². The molecule has 3 rings (SSSR count). The highest BCUT2D eigenvalue weighted by molar-refractivity contribution is 6.30. The van der Waals surface area contributed by atoms with Gasteiger partial charge in [0.2, 0.25) is 5.91 Å². The van der Waals surface area contributed by atoms with Crippen molar-refractivity contribution < 1.29 is 4.79 Å². The predicted octanol–water partition coefficient (Wildman–Crippen LogP) is 4.12. The summed E-state index contributed by atoms with van der Waals surface area (Å²) in [6.45, 7) is 0. The molecule has 1 fully saturated rings. The van der Waals surface area contributed by atoms with E-state index in [0.717, 1.165) is 16.8 Å². The molecule has 1 amide bonds. The quantitative estimate of drug-likeness (QED) is 0.784. The number of para-hydroxylation sites is 1. The number of carbonyl (C=O) groups is 1. The predicted molar refractivity (Wildman–Crippen MR) is 94.2 cm³/mol. The van der Waals surface area contributed by atoms with Gasteiger partial charge in [0.1, 0.15) is 0 Å². The van der Waals surface area contributed by atoms with E-state index >= 15 is 0 Å². The highest BCUT2D eigenvalue weighted by Crippen LogP contribution is 2.41. The summed E-state index contributed by atoms with van der Waals surface area (Å²) in [7, 11) is 0. The van der Waals surface area contributed by atoms with Crippen LogP contribution in [0.15, 0.2) is 48.5 Å². The minimum Gasteiger partial charge on any atom is -0.399 e. The van der Waals surface area contributed by atoms with Crippen LogP contribution in [0, 0.1) is 5.92 Å². The molecule has 0 bridgehead atoms. The van der Waals surface area contributed by atoms with Crippen molar-refractivity contribution in [2.45, 2.75) is 31.7 Å². The van der Waals surface area contributed by atoms with Crippen molar-refractivity contribution in [3.05, 3.63) is 64.7 Å². The van der Waals surface area contributed by atoms with Crippen LogP contribution in [-0.2, 0) is 11.2 Å². The number of amides is 1. The molecule has 0 heterocycles. The number of nitrogens with one attached hydrogen (secondary N) is 1. The van der Waals surface area contributed by atoms with Gasteiger partial charge in [-0.25, -0.2) is 0 Å². The summed E-state index contributed by atoms with van der Waals surface area (Å²) < 4.78 is 0. The van der Waals surface area contributed by atoms with Crippen molar-refractivity contribution in [1.29, 1.82) is 0 Å². The molecule has 0 aliphatic heterocycles. The molecule has 1 aliphatic carbocycles. The maximum Gasteiger partial charge on any atom is 0.220 e. The van der Waals surface area contributed by atoms with Crippen molar-refractivity contribution in [1.82, 2.24) is 5.32 Å². The number of aryl methyl sites for hydroxylation is 1. The molecule has 0 spiro atoms. The Bertz CT molecular complexity index is 680. The molecule has 0 saturated heterocycles. The number of rotatable bonds is 6. The van der Waals surface area contributed by atoms with Crippen molar-refractivity contribution in [3.63, 3.8) is 0 Å². The lowest BCUT2D eigenvalue weighted by Crippen LogP contribution is -2.30. The van der Waals surface area contributed by atoms with Crippen LogP contribution >= 0.6 is 11.6 Å². The molecule has 23 heavy (non-hydrogen) atoms. The first-order chi connectivity index (χ1) is 11.1. The van der Waals surface area contributed by atoms with Crippen molar-refractivity contribution in [3.8, 4) is 0 Å². The fourth-order valence-electron chi connectivity index (χ4n) is 2.83. The van der Waals surface area contributed by atoms with Crippen molar-refractivity contribution in [2.24, 2.45) is 5.92 Å². The summed E-state index contributed by atoms with van der Waals surface area (Å²) in [5, 5.41) is 3.90. The molecule has 3 N–H and O–H groups in total. The topological polar surface area (TPSA) is 55.1 Å². The van der Waals surface area contributed by atoms with Gasteiger partial charge in [0.05, 0.1) is 6.04 Å². The molecular weight excluding hydrogens is 308 g/mol. The fraction of sp³-hybridized carbons (Fsp3) is 0.316. The van der Waals surface area contributed by atoms with Gasteiger partial charge in [-0.1, -0.05) is 41.9 Å². The second-order valence-electron chi connectivity index (χ2n) is 6.13. The zero-order chi connectivity index (χ0) is 16.2. The standard InChI is InChI=1S/C19H21ClN2O/c20-16-10-7-15(8-11-16)19(14-5-6-14)22-18(23)12-9-13-3-1-2-4-17(13)21/h1-4,7-8,10-11,14,19H,5-6,9,12,21H2,(H,22,23). The van der Waals surface area contributed by atoms with E-state index in [4.69, 9.17) is 17.3 Å². The van der Waals surface area contributed by atoms with E-state index in [1.165, 1.54) is 12.8 Å². The smallest absolute Gasteiger partial charge is 0.220 e. The van der Waals surface area contributed by atoms with E-state index in [9.17, 15) is 4.79 Å². The Morgan fingerprint density at radius 1 is 1.17 bits per heavy atom. The van der Waals surface area contributed by atoms with Crippen LogP contribution in [0.1, 0.15) is 36.4 Å². The molecule has 1 unspecified atom stereocenters. The summed E-state index contributed by atoms with van der Waals surface area (Å²) in [5.74, 6) is 0.613. The average Bonchev–Trinajstić information content (AvgIpc) is 3.38. The second kappa shape index (κ2) is 7.05. The first kappa shape index (κ1) is 15.9. The minimum absolute atomic E-state index is 0.0695. The number of anilines is 1. The van der Waals surface area contributed by atoms with Crippen molar-refractivity contribution >= 4 is 23.2 Å². The summed E-state index contributed by atoms with van der Waals surface area (Å²) in [5.41, 5.74) is 8.83. The summed E-state index contributed by atoms with van der Waals surface area (Å²) >= 11 is 5.95. The fourth-order valence-corrected chi connectivity index (χ4v) is 2.95. The summed E-state index contributed by atoms with van der Waals surface area (Å²) in [4.78, 5) is 12.3. The van der Waals surface area contributed by atoms with E-state index in [1.807, 2.05) is 48.5 Å². The van der Waals surface area contributed by atoms with Crippen LogP contribution in [0.5, 0.6) is 0 Å². The van der Waals surface area contributed by atoms with Gasteiger partial charge in [0, 0.05) is 17.1 Å². The van der Waals surface area contributed by atoms with Gasteiger partial charge in [0.25, 0.3) is 0 Å². The number of hydrogen-bond acceptors (Lipinski definition) is 2. The van der Waals surface area contributed by atoms with Gasteiger partial charge < -0.3 is 11.1 Å². The summed E-state index contributed by atoms with van der Waals surface area (Å²) in [6, 6.07) is 15.5. The zero-order valence-electron chi connectivity index (χ0n) is 13.0. The molecule has 0 aromatic heterocycles. The molecule has 2 aromatic rings. The highest BCUT2D eigenvalue weighted by Gasteiger charge is 2.33. The number of nitrogen functional groups attached to an aromatic ring is 1. The number of halogens is 1. The first-order valence-corrected chi connectivity index (χ1v) is 8.39. The third kappa shape index (κ3) is 4.26. The lowest BCUT2D eigenvalue weighted by atomic mass is 10.0. The number of nitrogens with two attached hydrogens (primary N) is 1. The van der Waals surface area contributed by atoms with Gasteiger partial charge in [0.15, 0.2) is 0 Å². The SMILES string of the molecule is Nc1ccccc1CCC(=O)NC(c1ccc(Cl)cc1)C1CC1. The molecule has 1 atom stereocenters. The number of hydrogen-bond donors (Lipinski definition) is 2. The van der Waals surface area contributed by atoms with E-state index in [2.05, 4.69) is 5.32 Å². The molecule has 4 heteroatoms. The Kier molecular flexibility index (Phi) is 4.87. The molecule has 0 radical (unpaired) electrons. The minimum atomic E-state index is 0.0695. The maximum atomic E-state index is 12.3. The molecule has 1 saturated carbocycles. The van der Waals surface area contributed by atoms with Gasteiger partial charge in [-0.2, -0.15) is 0 Å². The second-order valence-corrected chi connectivity index (χ2v) is 6.57. The molecular formula is C19H21ClN2O. The first-order valence-electron chi connectivity index (χ1n) is 8.01. The highest BCUT2D eigenvalue weighted by atomic mass is 35.5. The summed E-state index contributed by atoms with van der Waals surface area (Å²) in [6.07, 6.45) is 3.44. The normalized spacial score (nSPS) is 15.2. The van der Waals surface area contributed by atoms with Crippen molar-refractivity contribution in [2.75, 3.05) is 5.73 Å². The van der Waals surface area contributed by atoms with Crippen LogP contribution < -0.4 is 11.1 Å². The monoisotopic (exact) mass is 328 g/mol. The Labute approximate surface area is 141 Å². The lowest BCUT2D eigenvalue weighted by Gasteiger charge is -2.19. The van der Waals surface area contributed by atoms with Crippen LogP contribution in [-0.4, -0.2) is 5.91 Å². The molecule has 3 nitrogen and oxygen atoms in total. The third-order valence-electron chi connectivity index (χ3n) is 4.32. The van der Waals surface area contributed by atoms with E-state index in [-0.39, 0.29) is 11.9 Å². The maximum absolute atomic E-state index is 12.3. The van der Waals surface area contributed by atoms with Crippen LogP contribution in [0.25, 0.3) is 0 Å². The zero-order valence-corrected chi connectivity index (χ0v) is 13.7. The van der Waals surface area contributed by atoms with E-state index in [1.54, 1.807) is 0 Å². The van der Waals surface area contributed by atoms with Crippen LogP contribution in [0.4, 0.5) is 5.69 Å². The Hall–Kier alpha value is -2.00.